The lowest BCUT2D eigenvalue weighted by Crippen LogP contribution is -2.36. The molecule has 0 aliphatic heterocycles. The Bertz CT molecular complexity index is 1200. The summed E-state index contributed by atoms with van der Waals surface area (Å²) in [5.74, 6) is -0.389. The molecule has 0 aliphatic rings. The Morgan fingerprint density at radius 1 is 1.11 bits per heavy atom. The van der Waals surface area contributed by atoms with Crippen molar-refractivity contribution >= 4 is 28.8 Å². The molecule has 1 amide bonds. The third kappa shape index (κ3) is 9.84. The predicted molar refractivity (Wildman–Crippen MR) is 138 cm³/mol. The second kappa shape index (κ2) is 14.2. The molecule has 2 N–H and O–H groups in total. The Balaban J connectivity index is 1.72. The average molecular weight is 557 g/mol. The van der Waals surface area contributed by atoms with Gasteiger partial charge in [0.1, 0.15) is 5.75 Å². The minimum atomic E-state index is -4.74. The number of nitrogens with zero attached hydrogens (tertiary/aromatic N) is 2. The summed E-state index contributed by atoms with van der Waals surface area (Å²) in [5, 5.41) is 8.44. The highest BCUT2D eigenvalue weighted by Gasteiger charge is 2.31. The van der Waals surface area contributed by atoms with Crippen molar-refractivity contribution in [1.29, 1.82) is 0 Å². The van der Waals surface area contributed by atoms with Gasteiger partial charge in [0.15, 0.2) is 4.80 Å². The molecule has 0 radical (unpaired) electrons. The third-order valence-corrected chi connectivity index (χ3v) is 6.29. The summed E-state index contributed by atoms with van der Waals surface area (Å²) in [5.41, 5.74) is 2.57. The molecule has 1 heterocycles. The number of hydrogen-bond acceptors (Lipinski definition) is 6. The van der Waals surface area contributed by atoms with Gasteiger partial charge in [-0.15, -0.1) is 24.5 Å². The zero-order chi connectivity index (χ0) is 26.7. The number of carbonyl (C=O) groups is 1. The zero-order valence-electron chi connectivity index (χ0n) is 20.2. The van der Waals surface area contributed by atoms with Crippen molar-refractivity contribution in [2.45, 2.75) is 25.9 Å². The van der Waals surface area contributed by atoms with E-state index in [2.05, 4.69) is 15.4 Å². The lowest BCUT2D eigenvalue weighted by molar-refractivity contribution is -0.274. The van der Waals surface area contributed by atoms with Crippen LogP contribution in [0.2, 0.25) is 5.02 Å². The minimum absolute atomic E-state index is 0.110. The van der Waals surface area contributed by atoms with Crippen molar-refractivity contribution in [2.75, 3.05) is 33.4 Å². The summed E-state index contributed by atoms with van der Waals surface area (Å²) >= 11 is 7.42. The van der Waals surface area contributed by atoms with E-state index in [1.54, 1.807) is 19.2 Å². The topological polar surface area (TPSA) is 76.9 Å². The molecule has 0 atom stereocenters. The van der Waals surface area contributed by atoms with Gasteiger partial charge in [-0.2, -0.15) is 0 Å². The Labute approximate surface area is 221 Å². The maximum atomic E-state index is 12.5. The first-order valence-electron chi connectivity index (χ1n) is 11.5. The highest BCUT2D eigenvalue weighted by molar-refractivity contribution is 7.07. The van der Waals surface area contributed by atoms with Gasteiger partial charge >= 0.3 is 6.36 Å². The van der Waals surface area contributed by atoms with E-state index < -0.39 is 6.36 Å². The number of nitrogens with one attached hydrogen (secondary N) is 2. The van der Waals surface area contributed by atoms with Crippen LogP contribution in [0.4, 0.5) is 13.2 Å². The summed E-state index contributed by atoms with van der Waals surface area (Å²) in [6, 6.07) is 13.2. The maximum absolute atomic E-state index is 12.5. The Hall–Kier alpha value is -2.86. The fourth-order valence-electron chi connectivity index (χ4n) is 3.40. The number of ether oxygens (including phenoxy) is 2. The van der Waals surface area contributed by atoms with Crippen LogP contribution in [-0.2, 0) is 22.6 Å². The number of benzene rings is 2. The smallest absolute Gasteiger partial charge is 0.406 e. The van der Waals surface area contributed by atoms with Gasteiger partial charge in [-0.1, -0.05) is 23.7 Å². The number of carbonyl (C=O) groups excluding carboxylic acids is 1. The van der Waals surface area contributed by atoms with Crippen LogP contribution in [0.3, 0.4) is 0 Å². The largest absolute Gasteiger partial charge is 0.573 e. The summed E-state index contributed by atoms with van der Waals surface area (Å²) in [6.07, 6.45) is -4.04. The summed E-state index contributed by atoms with van der Waals surface area (Å²) < 4.78 is 48.5. The third-order valence-electron chi connectivity index (χ3n) is 5.14. The normalized spacial score (nSPS) is 12.1. The van der Waals surface area contributed by atoms with Crippen LogP contribution in [0, 0.1) is 0 Å². The van der Waals surface area contributed by atoms with Gasteiger partial charge in [-0.05, 0) is 60.5 Å². The Morgan fingerprint density at radius 2 is 1.84 bits per heavy atom. The molecule has 1 aromatic heterocycles. The molecule has 2 aromatic carbocycles. The number of hydrogen-bond donors (Lipinski definition) is 2. The summed E-state index contributed by atoms with van der Waals surface area (Å²) in [7, 11) is 1.57. The van der Waals surface area contributed by atoms with Crippen LogP contribution in [0.25, 0.3) is 11.3 Å². The molecular weight excluding hydrogens is 529 g/mol. The molecule has 0 bridgehead atoms. The van der Waals surface area contributed by atoms with E-state index in [1.807, 2.05) is 34.2 Å². The minimum Gasteiger partial charge on any atom is -0.406 e. The molecule has 0 fully saturated rings. The van der Waals surface area contributed by atoms with E-state index in [9.17, 15) is 18.0 Å². The van der Waals surface area contributed by atoms with Gasteiger partial charge in [-0.25, -0.2) is 0 Å². The fourth-order valence-corrected chi connectivity index (χ4v) is 4.46. The zero-order valence-corrected chi connectivity index (χ0v) is 21.8. The standard InChI is InChI=1S/C25H28ClF3N4O3S/c1-35-14-12-31-23(34)16-30-11-2-13-33-22(19-5-9-21(10-6-19)36-25(27,28)29)17-37-24(33)32-15-18-3-7-20(26)8-4-18/h3-10,17,30H,2,11-16H2,1H3,(H,31,34)/b32-24-. The molecule has 37 heavy (non-hydrogen) atoms. The van der Waals surface area contributed by atoms with E-state index in [4.69, 9.17) is 21.3 Å². The average Bonchev–Trinajstić information content (AvgIpc) is 3.26. The van der Waals surface area contributed by atoms with Crippen LogP contribution in [0.1, 0.15) is 12.0 Å². The van der Waals surface area contributed by atoms with Crippen LogP contribution in [-0.4, -0.2) is 50.2 Å². The Kier molecular flexibility index (Phi) is 11.0. The van der Waals surface area contributed by atoms with Crippen LogP contribution < -0.4 is 20.2 Å². The molecule has 0 aliphatic carbocycles. The second-order valence-corrected chi connectivity index (χ2v) is 9.22. The van der Waals surface area contributed by atoms with Crippen molar-refractivity contribution < 1.29 is 27.4 Å². The maximum Gasteiger partial charge on any atom is 0.573 e. The number of thiazole rings is 1. The summed E-state index contributed by atoms with van der Waals surface area (Å²) in [4.78, 5) is 17.4. The quantitative estimate of drug-likeness (QED) is 0.301. The van der Waals surface area contributed by atoms with Gasteiger partial charge < -0.3 is 24.7 Å². The van der Waals surface area contributed by atoms with Gasteiger partial charge in [0.25, 0.3) is 0 Å². The molecule has 3 aromatic rings. The first-order chi connectivity index (χ1) is 17.7. The molecule has 0 unspecified atom stereocenters. The molecule has 7 nitrogen and oxygen atoms in total. The number of alkyl halides is 3. The molecular formula is C25H28ClF3N4O3S. The van der Waals surface area contributed by atoms with Crippen LogP contribution in [0.5, 0.6) is 5.75 Å². The monoisotopic (exact) mass is 556 g/mol. The number of aromatic nitrogens is 1. The summed E-state index contributed by atoms with van der Waals surface area (Å²) in [6.45, 7) is 2.74. The van der Waals surface area contributed by atoms with E-state index in [-0.39, 0.29) is 18.2 Å². The highest BCUT2D eigenvalue weighted by atomic mass is 35.5. The van der Waals surface area contributed by atoms with Crippen LogP contribution >= 0.6 is 22.9 Å². The Morgan fingerprint density at radius 3 is 2.51 bits per heavy atom. The molecule has 0 saturated carbocycles. The number of amides is 1. The molecule has 3 rings (SSSR count). The van der Waals surface area contributed by atoms with E-state index in [0.717, 1.165) is 21.6 Å². The van der Waals surface area contributed by atoms with Gasteiger partial charge in [-0.3, -0.25) is 9.79 Å². The van der Waals surface area contributed by atoms with Gasteiger partial charge in [0, 0.05) is 30.6 Å². The fraction of sp³-hybridized carbons (Fsp3) is 0.360. The lowest BCUT2D eigenvalue weighted by atomic mass is 10.1. The predicted octanol–water partition coefficient (Wildman–Crippen LogP) is 4.61. The van der Waals surface area contributed by atoms with Crippen molar-refractivity contribution in [1.82, 2.24) is 15.2 Å². The van der Waals surface area contributed by atoms with Crippen LogP contribution in [0.15, 0.2) is 58.9 Å². The van der Waals surface area contributed by atoms with Crippen molar-refractivity contribution in [2.24, 2.45) is 4.99 Å². The van der Waals surface area contributed by atoms with Gasteiger partial charge in [0.05, 0.1) is 25.4 Å². The first kappa shape index (κ1) is 28.7. The number of methoxy groups -OCH3 is 1. The van der Waals surface area contributed by atoms with E-state index in [0.29, 0.717) is 44.2 Å². The lowest BCUT2D eigenvalue weighted by Gasteiger charge is -2.12. The van der Waals surface area contributed by atoms with Crippen molar-refractivity contribution in [3.05, 3.63) is 69.3 Å². The number of rotatable bonds is 13. The van der Waals surface area contributed by atoms with E-state index in [1.165, 1.54) is 23.5 Å². The van der Waals surface area contributed by atoms with Gasteiger partial charge in [0.2, 0.25) is 5.91 Å². The number of halogens is 4. The molecule has 12 heteroatoms. The molecule has 200 valence electrons. The van der Waals surface area contributed by atoms with Crippen molar-refractivity contribution in [3.8, 4) is 17.0 Å². The second-order valence-electron chi connectivity index (χ2n) is 7.94. The van der Waals surface area contributed by atoms with E-state index >= 15 is 0 Å². The SMILES string of the molecule is COCCNC(=O)CNCCCn1c(-c2ccc(OC(F)(F)F)cc2)cs/c1=N\Cc1ccc(Cl)cc1. The highest BCUT2D eigenvalue weighted by Crippen LogP contribution is 2.27. The molecule has 0 spiro atoms. The molecule has 0 saturated heterocycles. The first-order valence-corrected chi connectivity index (χ1v) is 12.8. The van der Waals surface area contributed by atoms with Crippen molar-refractivity contribution in [3.63, 3.8) is 0 Å².